The van der Waals surface area contributed by atoms with Crippen LogP contribution in [0.2, 0.25) is 0 Å². The van der Waals surface area contributed by atoms with Gasteiger partial charge in [-0.2, -0.15) is 4.98 Å². The molecule has 1 aromatic rings. The van der Waals surface area contributed by atoms with E-state index in [1.807, 2.05) is 6.92 Å². The van der Waals surface area contributed by atoms with Crippen molar-refractivity contribution in [1.82, 2.24) is 9.97 Å². The van der Waals surface area contributed by atoms with Crippen molar-refractivity contribution in [2.24, 2.45) is 0 Å². The molecule has 1 fully saturated rings. The number of hydrogen-bond acceptors (Lipinski definition) is 5. The minimum Gasteiger partial charge on any atom is -0.475 e. The highest BCUT2D eigenvalue weighted by Crippen LogP contribution is 2.38. The molecule has 5 heteroatoms. The molecule has 0 unspecified atom stereocenters. The van der Waals surface area contributed by atoms with Crippen molar-refractivity contribution in [3.05, 3.63) is 11.9 Å². The average molecular weight is 223 g/mol. The second kappa shape index (κ2) is 5.12. The van der Waals surface area contributed by atoms with Crippen molar-refractivity contribution in [1.29, 1.82) is 0 Å². The molecule has 0 bridgehead atoms. The number of aromatic nitrogens is 2. The Morgan fingerprint density at radius 2 is 2.19 bits per heavy atom. The summed E-state index contributed by atoms with van der Waals surface area (Å²) in [6.07, 6.45) is 2.31. The number of nitrogen functional groups attached to an aromatic ring is 1. The van der Waals surface area contributed by atoms with E-state index < -0.39 is 0 Å². The molecule has 0 aromatic carbocycles. The van der Waals surface area contributed by atoms with Crippen LogP contribution in [0, 0.1) is 0 Å². The first kappa shape index (κ1) is 11.1. The molecule has 0 aliphatic heterocycles. The predicted octanol–water partition coefficient (Wildman–Crippen LogP) is 1.35. The van der Waals surface area contributed by atoms with Crippen LogP contribution in [0.3, 0.4) is 0 Å². The standard InChI is InChI=1S/C11H17N3O2/c1-2-15-5-6-16-10-7-9(12)13-11(14-10)8-3-4-8/h7-8H,2-6H2,1H3,(H2,12,13,14). The topological polar surface area (TPSA) is 70.3 Å². The lowest BCUT2D eigenvalue weighted by Gasteiger charge is -2.07. The first-order valence-electron chi connectivity index (χ1n) is 5.64. The highest BCUT2D eigenvalue weighted by atomic mass is 16.5. The maximum absolute atomic E-state index is 5.69. The fourth-order valence-electron chi connectivity index (χ4n) is 1.41. The van der Waals surface area contributed by atoms with Gasteiger partial charge in [0.1, 0.15) is 18.2 Å². The molecule has 5 nitrogen and oxygen atoms in total. The summed E-state index contributed by atoms with van der Waals surface area (Å²) in [6.45, 7) is 3.71. The highest BCUT2D eigenvalue weighted by Gasteiger charge is 2.27. The first-order valence-corrected chi connectivity index (χ1v) is 5.64. The lowest BCUT2D eigenvalue weighted by molar-refractivity contribution is 0.108. The predicted molar refractivity (Wildman–Crippen MR) is 60.4 cm³/mol. The summed E-state index contributed by atoms with van der Waals surface area (Å²) in [6, 6.07) is 1.65. The van der Waals surface area contributed by atoms with Crippen molar-refractivity contribution >= 4 is 5.82 Å². The third-order valence-electron chi connectivity index (χ3n) is 2.36. The van der Waals surface area contributed by atoms with Gasteiger partial charge >= 0.3 is 0 Å². The van der Waals surface area contributed by atoms with Gasteiger partial charge in [0.25, 0.3) is 0 Å². The Morgan fingerprint density at radius 3 is 2.88 bits per heavy atom. The molecule has 0 radical (unpaired) electrons. The van der Waals surface area contributed by atoms with E-state index in [9.17, 15) is 0 Å². The summed E-state index contributed by atoms with van der Waals surface area (Å²) in [7, 11) is 0. The summed E-state index contributed by atoms with van der Waals surface area (Å²) in [5.74, 6) is 2.32. The fourth-order valence-corrected chi connectivity index (χ4v) is 1.41. The zero-order valence-corrected chi connectivity index (χ0v) is 9.48. The SMILES string of the molecule is CCOCCOc1cc(N)nc(C2CC2)n1. The minimum atomic E-state index is 0.475. The van der Waals surface area contributed by atoms with Crippen LogP contribution in [0.4, 0.5) is 5.82 Å². The minimum absolute atomic E-state index is 0.475. The van der Waals surface area contributed by atoms with Crippen molar-refractivity contribution in [2.45, 2.75) is 25.7 Å². The number of ether oxygens (including phenoxy) is 2. The van der Waals surface area contributed by atoms with Crippen molar-refractivity contribution in [3.8, 4) is 5.88 Å². The van der Waals surface area contributed by atoms with Gasteiger partial charge in [-0.25, -0.2) is 4.98 Å². The van der Waals surface area contributed by atoms with Gasteiger partial charge in [0.15, 0.2) is 0 Å². The van der Waals surface area contributed by atoms with Crippen LogP contribution >= 0.6 is 0 Å². The summed E-state index contributed by atoms with van der Waals surface area (Å²) < 4.78 is 10.6. The van der Waals surface area contributed by atoms with E-state index in [1.165, 1.54) is 0 Å². The molecule has 88 valence electrons. The monoisotopic (exact) mass is 223 g/mol. The third-order valence-corrected chi connectivity index (χ3v) is 2.36. The van der Waals surface area contributed by atoms with E-state index >= 15 is 0 Å². The van der Waals surface area contributed by atoms with Gasteiger partial charge in [0, 0.05) is 18.6 Å². The molecular weight excluding hydrogens is 206 g/mol. The van der Waals surface area contributed by atoms with Crippen LogP contribution in [0.1, 0.15) is 31.5 Å². The number of nitrogens with zero attached hydrogens (tertiary/aromatic N) is 2. The molecule has 1 aromatic heterocycles. The molecule has 0 atom stereocenters. The zero-order chi connectivity index (χ0) is 11.4. The Labute approximate surface area is 95.0 Å². The molecule has 1 aliphatic rings. The summed E-state index contributed by atoms with van der Waals surface area (Å²) in [5, 5.41) is 0. The fraction of sp³-hybridized carbons (Fsp3) is 0.636. The van der Waals surface area contributed by atoms with E-state index in [0.717, 1.165) is 18.7 Å². The Balaban J connectivity index is 1.92. The van der Waals surface area contributed by atoms with Crippen LogP contribution in [0.5, 0.6) is 5.88 Å². The van der Waals surface area contributed by atoms with E-state index in [4.69, 9.17) is 15.2 Å². The second-order valence-corrected chi connectivity index (χ2v) is 3.81. The summed E-state index contributed by atoms with van der Waals surface area (Å²) in [4.78, 5) is 8.52. The van der Waals surface area contributed by atoms with Crippen molar-refractivity contribution in [3.63, 3.8) is 0 Å². The summed E-state index contributed by atoms with van der Waals surface area (Å²) >= 11 is 0. The van der Waals surface area contributed by atoms with Gasteiger partial charge in [-0.1, -0.05) is 0 Å². The smallest absolute Gasteiger partial charge is 0.218 e. The Kier molecular flexibility index (Phi) is 3.56. The molecule has 1 heterocycles. The third kappa shape index (κ3) is 3.06. The Hall–Kier alpha value is -1.36. The lowest BCUT2D eigenvalue weighted by Crippen LogP contribution is -2.09. The van der Waals surface area contributed by atoms with E-state index in [-0.39, 0.29) is 0 Å². The molecule has 2 rings (SSSR count). The van der Waals surface area contributed by atoms with Gasteiger partial charge in [0.2, 0.25) is 5.88 Å². The van der Waals surface area contributed by atoms with E-state index in [1.54, 1.807) is 6.07 Å². The second-order valence-electron chi connectivity index (χ2n) is 3.81. The van der Waals surface area contributed by atoms with Crippen LogP contribution in [-0.4, -0.2) is 29.8 Å². The molecule has 0 amide bonds. The van der Waals surface area contributed by atoms with Crippen LogP contribution in [-0.2, 0) is 4.74 Å². The van der Waals surface area contributed by atoms with Gasteiger partial charge in [-0.15, -0.1) is 0 Å². The van der Waals surface area contributed by atoms with Crippen molar-refractivity contribution < 1.29 is 9.47 Å². The first-order chi connectivity index (χ1) is 7.79. The molecule has 2 N–H and O–H groups in total. The quantitative estimate of drug-likeness (QED) is 0.737. The number of nitrogens with two attached hydrogens (primary N) is 1. The normalized spacial score (nSPS) is 15.1. The van der Waals surface area contributed by atoms with Crippen LogP contribution in [0.15, 0.2) is 6.07 Å². The lowest BCUT2D eigenvalue weighted by atomic mass is 10.4. The maximum Gasteiger partial charge on any atom is 0.218 e. The number of anilines is 1. The maximum atomic E-state index is 5.69. The molecule has 1 saturated carbocycles. The molecule has 0 saturated heterocycles. The molecule has 1 aliphatic carbocycles. The van der Waals surface area contributed by atoms with Gasteiger partial charge in [-0.05, 0) is 19.8 Å². The molecular formula is C11H17N3O2. The largest absolute Gasteiger partial charge is 0.475 e. The number of hydrogen-bond donors (Lipinski definition) is 1. The van der Waals surface area contributed by atoms with Gasteiger partial charge < -0.3 is 15.2 Å². The van der Waals surface area contributed by atoms with E-state index in [0.29, 0.717) is 37.4 Å². The van der Waals surface area contributed by atoms with Gasteiger partial charge in [0.05, 0.1) is 6.61 Å². The Bertz CT molecular complexity index is 353. The molecule has 0 spiro atoms. The Morgan fingerprint density at radius 1 is 1.38 bits per heavy atom. The molecule has 16 heavy (non-hydrogen) atoms. The van der Waals surface area contributed by atoms with Gasteiger partial charge in [-0.3, -0.25) is 0 Å². The van der Waals surface area contributed by atoms with Crippen molar-refractivity contribution in [2.75, 3.05) is 25.6 Å². The van der Waals surface area contributed by atoms with E-state index in [2.05, 4.69) is 9.97 Å². The highest BCUT2D eigenvalue weighted by molar-refractivity contribution is 5.34. The summed E-state index contributed by atoms with van der Waals surface area (Å²) in [5.41, 5.74) is 5.69. The number of rotatable bonds is 6. The average Bonchev–Trinajstić information content (AvgIpc) is 3.07. The van der Waals surface area contributed by atoms with Crippen LogP contribution < -0.4 is 10.5 Å². The zero-order valence-electron chi connectivity index (χ0n) is 9.48. The van der Waals surface area contributed by atoms with Crippen LogP contribution in [0.25, 0.3) is 0 Å².